The van der Waals surface area contributed by atoms with Crippen LogP contribution in [-0.4, -0.2) is 17.4 Å². The summed E-state index contributed by atoms with van der Waals surface area (Å²) >= 11 is 4.63. The van der Waals surface area contributed by atoms with Crippen molar-refractivity contribution in [2.75, 3.05) is 7.11 Å². The Hall–Kier alpha value is -0.980. The first-order valence-corrected chi connectivity index (χ1v) is 6.18. The number of carbonyl (C=O) groups excluding carboxylic acids is 1. The topological polar surface area (TPSA) is 65.2 Å². The van der Waals surface area contributed by atoms with Crippen LogP contribution >= 0.6 is 27.5 Å². The van der Waals surface area contributed by atoms with Crippen LogP contribution in [0.2, 0.25) is 0 Å². The first-order chi connectivity index (χ1) is 7.63. The highest BCUT2D eigenvalue weighted by Crippen LogP contribution is 2.29. The number of hydrogen-bond donors (Lipinski definition) is 1. The monoisotopic (exact) mass is 300 g/mol. The number of rotatable bonds is 3. The molecule has 0 aliphatic rings. The van der Waals surface area contributed by atoms with Crippen LogP contribution in [0.5, 0.6) is 0 Å². The molecule has 1 aromatic carbocycles. The Labute approximate surface area is 105 Å². The molecule has 0 aliphatic heterocycles. The molecule has 0 saturated carbocycles. The van der Waals surface area contributed by atoms with Gasteiger partial charge < -0.3 is 10.5 Å². The van der Waals surface area contributed by atoms with Crippen LogP contribution in [0, 0.1) is 0 Å². The van der Waals surface area contributed by atoms with Crippen molar-refractivity contribution in [3.05, 3.63) is 29.5 Å². The molecule has 0 bridgehead atoms. The number of amides is 1. The smallest absolute Gasteiger partial charge is 0.269 e. The van der Waals surface area contributed by atoms with Crippen molar-refractivity contribution in [2.24, 2.45) is 5.73 Å². The van der Waals surface area contributed by atoms with Crippen molar-refractivity contribution >= 4 is 43.5 Å². The highest BCUT2D eigenvalue weighted by Gasteiger charge is 2.13. The number of alkyl halides is 1. The first kappa shape index (κ1) is 11.5. The SMILES string of the molecule is COC(Br)c1ccc2c(C(N)=O)nsc2c1. The van der Waals surface area contributed by atoms with E-state index >= 15 is 0 Å². The summed E-state index contributed by atoms with van der Waals surface area (Å²) in [6.45, 7) is 0. The number of fused-ring (bicyclic) bond motifs is 1. The summed E-state index contributed by atoms with van der Waals surface area (Å²) < 4.78 is 10.1. The molecule has 0 aliphatic carbocycles. The van der Waals surface area contributed by atoms with Crippen LogP contribution in [0.25, 0.3) is 10.1 Å². The number of carbonyl (C=O) groups is 1. The highest BCUT2D eigenvalue weighted by atomic mass is 79.9. The molecule has 1 amide bonds. The van der Waals surface area contributed by atoms with Gasteiger partial charge in [-0.2, -0.15) is 4.37 Å². The van der Waals surface area contributed by atoms with Gasteiger partial charge >= 0.3 is 0 Å². The van der Waals surface area contributed by atoms with E-state index in [0.717, 1.165) is 15.6 Å². The minimum atomic E-state index is -0.499. The van der Waals surface area contributed by atoms with E-state index in [0.29, 0.717) is 5.69 Å². The van der Waals surface area contributed by atoms with Crippen molar-refractivity contribution in [1.82, 2.24) is 4.37 Å². The Morgan fingerprint density at radius 2 is 2.38 bits per heavy atom. The van der Waals surface area contributed by atoms with Crippen molar-refractivity contribution in [3.8, 4) is 0 Å². The van der Waals surface area contributed by atoms with Crippen molar-refractivity contribution in [1.29, 1.82) is 0 Å². The van der Waals surface area contributed by atoms with Crippen LogP contribution in [0.1, 0.15) is 21.1 Å². The summed E-state index contributed by atoms with van der Waals surface area (Å²) in [6, 6.07) is 5.65. The lowest BCUT2D eigenvalue weighted by Gasteiger charge is -2.07. The van der Waals surface area contributed by atoms with E-state index in [9.17, 15) is 4.79 Å². The van der Waals surface area contributed by atoms with Gasteiger partial charge in [-0.25, -0.2) is 0 Å². The average Bonchev–Trinajstić information content (AvgIpc) is 2.70. The molecule has 2 rings (SSSR count). The molecule has 6 heteroatoms. The molecule has 0 saturated heterocycles. The molecule has 84 valence electrons. The highest BCUT2D eigenvalue weighted by molar-refractivity contribution is 9.09. The van der Waals surface area contributed by atoms with Crippen LogP contribution in [0.15, 0.2) is 18.2 Å². The van der Waals surface area contributed by atoms with Gasteiger partial charge in [-0.15, -0.1) is 0 Å². The second kappa shape index (κ2) is 4.48. The van der Waals surface area contributed by atoms with Crippen LogP contribution in [0.3, 0.4) is 0 Å². The summed E-state index contributed by atoms with van der Waals surface area (Å²) in [5.74, 6) is -0.499. The number of primary amides is 1. The number of nitrogens with two attached hydrogens (primary N) is 1. The number of methoxy groups -OCH3 is 1. The summed E-state index contributed by atoms with van der Waals surface area (Å²) in [6.07, 6.45) is 0. The number of benzene rings is 1. The van der Waals surface area contributed by atoms with Gasteiger partial charge in [-0.05, 0) is 23.2 Å². The van der Waals surface area contributed by atoms with Gasteiger partial charge in [0, 0.05) is 12.5 Å². The Balaban J connectivity index is 2.53. The normalized spacial score (nSPS) is 12.9. The zero-order valence-corrected chi connectivity index (χ0v) is 10.8. The fourth-order valence-electron chi connectivity index (χ4n) is 1.41. The molecular weight excluding hydrogens is 292 g/mol. The molecule has 16 heavy (non-hydrogen) atoms. The van der Waals surface area contributed by atoms with Gasteiger partial charge in [0.1, 0.15) is 10.7 Å². The predicted molar refractivity (Wildman–Crippen MR) is 66.8 cm³/mol. The molecule has 2 aromatic rings. The molecule has 1 heterocycles. The van der Waals surface area contributed by atoms with Gasteiger partial charge in [0.05, 0.1) is 4.70 Å². The zero-order chi connectivity index (χ0) is 11.7. The standard InChI is InChI=1S/C10H9BrN2O2S/c1-15-9(11)5-2-3-6-7(4-5)16-13-8(6)10(12)14/h2-4,9H,1H3,(H2,12,14). The molecule has 2 N–H and O–H groups in total. The van der Waals surface area contributed by atoms with Gasteiger partial charge in [0.2, 0.25) is 0 Å². The molecule has 4 nitrogen and oxygen atoms in total. The van der Waals surface area contributed by atoms with E-state index in [-0.39, 0.29) is 5.01 Å². The third-order valence-electron chi connectivity index (χ3n) is 2.20. The maximum Gasteiger partial charge on any atom is 0.269 e. The molecule has 0 radical (unpaired) electrons. The van der Waals surface area contributed by atoms with Gasteiger partial charge in [0.15, 0.2) is 0 Å². The Bertz CT molecular complexity index is 541. The van der Waals surface area contributed by atoms with Gasteiger partial charge in [-0.1, -0.05) is 28.1 Å². The molecule has 1 atom stereocenters. The summed E-state index contributed by atoms with van der Waals surface area (Å²) in [5, 5.41) is 0.632. The zero-order valence-electron chi connectivity index (χ0n) is 8.44. The summed E-state index contributed by atoms with van der Waals surface area (Å²) in [4.78, 5) is 11.1. The van der Waals surface area contributed by atoms with E-state index < -0.39 is 5.91 Å². The van der Waals surface area contributed by atoms with Crippen molar-refractivity contribution < 1.29 is 9.53 Å². The lowest BCUT2D eigenvalue weighted by Crippen LogP contribution is -2.11. The van der Waals surface area contributed by atoms with Crippen LogP contribution in [-0.2, 0) is 4.74 Å². The number of halogens is 1. The lowest BCUT2D eigenvalue weighted by atomic mass is 10.1. The summed E-state index contributed by atoms with van der Waals surface area (Å²) in [5.41, 5.74) is 6.53. The number of nitrogens with zero attached hydrogens (tertiary/aromatic N) is 1. The second-order valence-corrected chi connectivity index (χ2v) is 4.84. The fourth-order valence-corrected chi connectivity index (χ4v) is 2.52. The third-order valence-corrected chi connectivity index (χ3v) is 3.91. The van der Waals surface area contributed by atoms with Crippen molar-refractivity contribution in [3.63, 3.8) is 0 Å². The van der Waals surface area contributed by atoms with E-state index in [4.69, 9.17) is 10.5 Å². The summed E-state index contributed by atoms with van der Waals surface area (Å²) in [7, 11) is 1.62. The molecule has 1 aromatic heterocycles. The van der Waals surface area contributed by atoms with Crippen LogP contribution in [0.4, 0.5) is 0 Å². The van der Waals surface area contributed by atoms with E-state index in [1.54, 1.807) is 7.11 Å². The Morgan fingerprint density at radius 3 is 3.00 bits per heavy atom. The van der Waals surface area contributed by atoms with E-state index in [2.05, 4.69) is 20.3 Å². The van der Waals surface area contributed by atoms with E-state index in [1.807, 2.05) is 18.2 Å². The van der Waals surface area contributed by atoms with Gasteiger partial charge in [-0.3, -0.25) is 4.79 Å². The molecule has 0 fully saturated rings. The third kappa shape index (κ3) is 1.95. The maximum atomic E-state index is 11.1. The van der Waals surface area contributed by atoms with Crippen LogP contribution < -0.4 is 5.73 Å². The average molecular weight is 301 g/mol. The number of hydrogen-bond acceptors (Lipinski definition) is 4. The van der Waals surface area contributed by atoms with E-state index in [1.165, 1.54) is 11.5 Å². The molecular formula is C10H9BrN2O2S. The fraction of sp³-hybridized carbons (Fsp3) is 0.200. The minimum Gasteiger partial charge on any atom is -0.365 e. The maximum absolute atomic E-state index is 11.1. The second-order valence-electron chi connectivity index (χ2n) is 3.20. The lowest BCUT2D eigenvalue weighted by molar-refractivity contribution is 0.0998. The first-order valence-electron chi connectivity index (χ1n) is 4.49. The number of aromatic nitrogens is 1. The Morgan fingerprint density at radius 1 is 1.62 bits per heavy atom. The predicted octanol–water partition coefficient (Wildman–Crippen LogP) is 2.44. The Kier molecular flexibility index (Phi) is 3.22. The van der Waals surface area contributed by atoms with Crippen molar-refractivity contribution in [2.45, 2.75) is 5.01 Å². The largest absolute Gasteiger partial charge is 0.365 e. The minimum absolute atomic E-state index is 0.156. The molecule has 1 unspecified atom stereocenters. The molecule has 0 spiro atoms. The van der Waals surface area contributed by atoms with Gasteiger partial charge in [0.25, 0.3) is 5.91 Å². The quantitative estimate of drug-likeness (QED) is 0.886. The number of ether oxygens (including phenoxy) is 1.